The Labute approximate surface area is 90.6 Å². The largest absolute Gasteiger partial charge is 0.322 e. The number of carbonyl (C=O) groups excluding carboxylic acids is 1. The number of benzene rings is 1. The van der Waals surface area contributed by atoms with Crippen LogP contribution in [0.2, 0.25) is 0 Å². The molecule has 0 saturated heterocycles. The van der Waals surface area contributed by atoms with Crippen LogP contribution in [-0.2, 0) is 4.79 Å². The summed E-state index contributed by atoms with van der Waals surface area (Å²) in [5.74, 6) is -1.72. The average Bonchev–Trinajstić information content (AvgIpc) is 2.99. The molecule has 3 N–H and O–H groups in total. The van der Waals surface area contributed by atoms with Gasteiger partial charge >= 0.3 is 0 Å². The van der Waals surface area contributed by atoms with E-state index in [1.54, 1.807) is 0 Å². The van der Waals surface area contributed by atoms with Crippen molar-refractivity contribution in [1.82, 2.24) is 0 Å². The maximum atomic E-state index is 13.5. The lowest BCUT2D eigenvalue weighted by atomic mass is 10.1. The van der Waals surface area contributed by atoms with Crippen LogP contribution in [0.4, 0.5) is 14.5 Å². The summed E-state index contributed by atoms with van der Waals surface area (Å²) in [6, 6.07) is 1.43. The highest BCUT2D eigenvalue weighted by atomic mass is 19.1. The van der Waals surface area contributed by atoms with Crippen LogP contribution < -0.4 is 11.1 Å². The van der Waals surface area contributed by atoms with Crippen LogP contribution in [-0.4, -0.2) is 11.9 Å². The normalized spacial score (nSPS) is 31.2. The second kappa shape index (κ2) is 3.01. The first-order valence-electron chi connectivity index (χ1n) is 5.13. The van der Waals surface area contributed by atoms with Gasteiger partial charge in [-0.25, -0.2) is 8.78 Å². The van der Waals surface area contributed by atoms with E-state index in [9.17, 15) is 13.6 Å². The van der Waals surface area contributed by atoms with Crippen molar-refractivity contribution in [1.29, 1.82) is 0 Å². The molecule has 84 valence electrons. The number of nitrogens with two attached hydrogens (primary N) is 1. The molecule has 1 fully saturated rings. The molecule has 1 amide bonds. The first-order chi connectivity index (χ1) is 7.58. The van der Waals surface area contributed by atoms with E-state index in [0.29, 0.717) is 5.56 Å². The van der Waals surface area contributed by atoms with Crippen LogP contribution in [0, 0.1) is 17.6 Å². The molecule has 3 atom stereocenters. The summed E-state index contributed by atoms with van der Waals surface area (Å²) in [4.78, 5) is 11.6. The van der Waals surface area contributed by atoms with Crippen LogP contribution >= 0.6 is 0 Å². The summed E-state index contributed by atoms with van der Waals surface area (Å²) in [5.41, 5.74) is 6.32. The molecule has 16 heavy (non-hydrogen) atoms. The third-order valence-corrected chi connectivity index (χ3v) is 3.34. The minimum absolute atomic E-state index is 0.00847. The number of nitrogens with one attached hydrogen (secondary N) is 1. The van der Waals surface area contributed by atoms with Crippen molar-refractivity contribution < 1.29 is 13.6 Å². The number of hydrogen-bond acceptors (Lipinski definition) is 2. The predicted octanol–water partition coefficient (Wildman–Crippen LogP) is 1.35. The van der Waals surface area contributed by atoms with Gasteiger partial charge < -0.3 is 11.1 Å². The SMILES string of the molecule is NC1C(=O)Nc2c(F)cc(F)cc2C2CC12. The van der Waals surface area contributed by atoms with Gasteiger partial charge in [-0.2, -0.15) is 0 Å². The molecular weight excluding hydrogens is 214 g/mol. The van der Waals surface area contributed by atoms with E-state index >= 15 is 0 Å². The number of carbonyl (C=O) groups is 1. The van der Waals surface area contributed by atoms with Gasteiger partial charge in [0.25, 0.3) is 0 Å². The number of halogens is 2. The van der Waals surface area contributed by atoms with Crippen LogP contribution in [0.3, 0.4) is 0 Å². The molecule has 2 aliphatic rings. The molecule has 5 heteroatoms. The summed E-state index contributed by atoms with van der Waals surface area (Å²) in [6.45, 7) is 0. The summed E-state index contributed by atoms with van der Waals surface area (Å²) >= 11 is 0. The Morgan fingerprint density at radius 2 is 2.12 bits per heavy atom. The van der Waals surface area contributed by atoms with Crippen molar-refractivity contribution in [3.8, 4) is 0 Å². The molecule has 1 heterocycles. The minimum atomic E-state index is -0.733. The van der Waals surface area contributed by atoms with Gasteiger partial charge in [0.1, 0.15) is 11.6 Å². The third kappa shape index (κ3) is 1.24. The van der Waals surface area contributed by atoms with E-state index in [2.05, 4.69) is 5.32 Å². The predicted molar refractivity (Wildman–Crippen MR) is 53.8 cm³/mol. The van der Waals surface area contributed by atoms with E-state index in [-0.39, 0.29) is 17.5 Å². The summed E-state index contributed by atoms with van der Waals surface area (Å²) < 4.78 is 26.6. The summed E-state index contributed by atoms with van der Waals surface area (Å²) in [6.07, 6.45) is 0.727. The second-order valence-electron chi connectivity index (χ2n) is 4.37. The molecule has 1 saturated carbocycles. The molecule has 0 radical (unpaired) electrons. The van der Waals surface area contributed by atoms with Crippen molar-refractivity contribution in [3.05, 3.63) is 29.3 Å². The van der Waals surface area contributed by atoms with Gasteiger partial charge in [0.15, 0.2) is 0 Å². The van der Waals surface area contributed by atoms with Crippen molar-refractivity contribution in [3.63, 3.8) is 0 Å². The molecule has 0 aromatic heterocycles. The quantitative estimate of drug-likeness (QED) is 0.698. The van der Waals surface area contributed by atoms with Gasteiger partial charge in [0.05, 0.1) is 11.7 Å². The highest BCUT2D eigenvalue weighted by Gasteiger charge is 2.49. The maximum Gasteiger partial charge on any atom is 0.241 e. The Kier molecular flexibility index (Phi) is 1.83. The van der Waals surface area contributed by atoms with Gasteiger partial charge in [-0.1, -0.05) is 0 Å². The summed E-state index contributed by atoms with van der Waals surface area (Å²) in [7, 11) is 0. The maximum absolute atomic E-state index is 13.5. The van der Waals surface area contributed by atoms with E-state index in [1.165, 1.54) is 6.07 Å². The molecule has 0 bridgehead atoms. The van der Waals surface area contributed by atoms with E-state index < -0.39 is 23.6 Å². The van der Waals surface area contributed by atoms with E-state index in [0.717, 1.165) is 12.5 Å². The van der Waals surface area contributed by atoms with Crippen LogP contribution in [0.15, 0.2) is 12.1 Å². The monoisotopic (exact) mass is 224 g/mol. The molecular formula is C11H10F2N2O. The summed E-state index contributed by atoms with van der Waals surface area (Å²) in [5, 5.41) is 2.42. The van der Waals surface area contributed by atoms with Gasteiger partial charge in [0, 0.05) is 6.07 Å². The first kappa shape index (κ1) is 9.72. The van der Waals surface area contributed by atoms with Crippen molar-refractivity contribution in [2.24, 2.45) is 11.7 Å². The lowest BCUT2D eigenvalue weighted by Gasteiger charge is -2.10. The van der Waals surface area contributed by atoms with Crippen molar-refractivity contribution in [2.75, 3.05) is 5.32 Å². The fraction of sp³-hybridized carbons (Fsp3) is 0.364. The van der Waals surface area contributed by atoms with Crippen molar-refractivity contribution >= 4 is 11.6 Å². The van der Waals surface area contributed by atoms with Gasteiger partial charge in [-0.15, -0.1) is 0 Å². The Morgan fingerprint density at radius 1 is 1.38 bits per heavy atom. The third-order valence-electron chi connectivity index (χ3n) is 3.34. The number of fused-ring (bicyclic) bond motifs is 3. The lowest BCUT2D eigenvalue weighted by molar-refractivity contribution is -0.117. The lowest BCUT2D eigenvalue weighted by Crippen LogP contribution is -2.36. The van der Waals surface area contributed by atoms with E-state index in [1.807, 2.05) is 0 Å². The smallest absolute Gasteiger partial charge is 0.241 e. The van der Waals surface area contributed by atoms with Crippen LogP contribution in [0.1, 0.15) is 17.9 Å². The standard InChI is InChI=1S/C11H10F2N2O/c12-4-1-7-5-3-6(5)9(14)11(16)15-10(7)8(13)2-4/h1-2,5-6,9H,3,14H2,(H,15,16). The Morgan fingerprint density at radius 3 is 2.88 bits per heavy atom. The van der Waals surface area contributed by atoms with Gasteiger partial charge in [0.2, 0.25) is 5.91 Å². The van der Waals surface area contributed by atoms with Gasteiger partial charge in [-0.05, 0) is 29.9 Å². The molecule has 1 aliphatic heterocycles. The second-order valence-corrected chi connectivity index (χ2v) is 4.37. The highest BCUT2D eigenvalue weighted by molar-refractivity contribution is 5.97. The molecule has 3 unspecified atom stereocenters. The number of amides is 1. The molecule has 1 aromatic carbocycles. The van der Waals surface area contributed by atoms with Crippen molar-refractivity contribution in [2.45, 2.75) is 18.4 Å². The highest BCUT2D eigenvalue weighted by Crippen LogP contribution is 2.53. The zero-order chi connectivity index (χ0) is 11.4. The zero-order valence-corrected chi connectivity index (χ0v) is 8.34. The topological polar surface area (TPSA) is 55.1 Å². The van der Waals surface area contributed by atoms with Gasteiger partial charge in [-0.3, -0.25) is 4.79 Å². The Balaban J connectivity index is 2.15. The first-order valence-corrected chi connectivity index (χ1v) is 5.13. The Bertz CT molecular complexity index is 489. The molecule has 1 aromatic rings. The molecule has 1 aliphatic carbocycles. The molecule has 0 spiro atoms. The Hall–Kier alpha value is -1.49. The van der Waals surface area contributed by atoms with Crippen LogP contribution in [0.5, 0.6) is 0 Å². The fourth-order valence-electron chi connectivity index (χ4n) is 2.39. The van der Waals surface area contributed by atoms with E-state index in [4.69, 9.17) is 5.73 Å². The number of hydrogen-bond donors (Lipinski definition) is 2. The fourth-order valence-corrected chi connectivity index (χ4v) is 2.39. The average molecular weight is 224 g/mol. The molecule has 3 rings (SSSR count). The van der Waals surface area contributed by atoms with Crippen LogP contribution in [0.25, 0.3) is 0 Å². The number of rotatable bonds is 0. The zero-order valence-electron chi connectivity index (χ0n) is 8.34. The minimum Gasteiger partial charge on any atom is -0.322 e. The number of anilines is 1. The molecule has 3 nitrogen and oxygen atoms in total.